The van der Waals surface area contributed by atoms with E-state index in [0.717, 1.165) is 0 Å². The Morgan fingerprint density at radius 2 is 2.15 bits per heavy atom. The molecule has 5 heteroatoms. The van der Waals surface area contributed by atoms with Crippen molar-refractivity contribution < 1.29 is 14.3 Å². The van der Waals surface area contributed by atoms with Crippen molar-refractivity contribution in [3.63, 3.8) is 0 Å². The molecule has 0 aromatic heterocycles. The van der Waals surface area contributed by atoms with Crippen molar-refractivity contribution in [3.05, 3.63) is 0 Å². The summed E-state index contributed by atoms with van der Waals surface area (Å²) in [7, 11) is 2.84. The molecule has 0 aliphatic rings. The Morgan fingerprint density at radius 3 is 2.62 bits per heavy atom. The number of carbonyl (C=O) groups is 2. The standard InChI is InChI=1S/C8H12N2O3/c1-10(7(11)3-5-9)6-4-8(12)13-2/h3-4,6H2,1-2H3. The van der Waals surface area contributed by atoms with Gasteiger partial charge in [-0.15, -0.1) is 0 Å². The van der Waals surface area contributed by atoms with Gasteiger partial charge < -0.3 is 9.64 Å². The van der Waals surface area contributed by atoms with E-state index in [1.807, 2.05) is 0 Å². The van der Waals surface area contributed by atoms with Gasteiger partial charge in [-0.25, -0.2) is 0 Å². The van der Waals surface area contributed by atoms with E-state index in [1.54, 1.807) is 13.1 Å². The van der Waals surface area contributed by atoms with E-state index < -0.39 is 0 Å². The van der Waals surface area contributed by atoms with Crippen LogP contribution in [0.4, 0.5) is 0 Å². The molecule has 1 amide bonds. The number of amides is 1. The summed E-state index contributed by atoms with van der Waals surface area (Å²) in [5, 5.41) is 8.22. The normalized spacial score (nSPS) is 8.69. The maximum Gasteiger partial charge on any atom is 0.307 e. The maximum absolute atomic E-state index is 11.0. The zero-order valence-electron chi connectivity index (χ0n) is 7.74. The first kappa shape index (κ1) is 11.4. The lowest BCUT2D eigenvalue weighted by molar-refractivity contribution is -0.141. The van der Waals surface area contributed by atoms with E-state index in [0.29, 0.717) is 0 Å². The van der Waals surface area contributed by atoms with Crippen LogP contribution in [0.2, 0.25) is 0 Å². The van der Waals surface area contributed by atoms with Crippen LogP contribution in [0.1, 0.15) is 12.8 Å². The number of hydrogen-bond donors (Lipinski definition) is 0. The van der Waals surface area contributed by atoms with Crippen molar-refractivity contribution in [1.29, 1.82) is 5.26 Å². The van der Waals surface area contributed by atoms with Gasteiger partial charge in [-0.3, -0.25) is 9.59 Å². The molecule has 5 nitrogen and oxygen atoms in total. The van der Waals surface area contributed by atoms with Crippen LogP contribution >= 0.6 is 0 Å². The van der Waals surface area contributed by atoms with Crippen molar-refractivity contribution in [3.8, 4) is 6.07 Å². The highest BCUT2D eigenvalue weighted by atomic mass is 16.5. The van der Waals surface area contributed by atoms with Crippen LogP contribution in [0.5, 0.6) is 0 Å². The molecular formula is C8H12N2O3. The summed E-state index contributed by atoms with van der Waals surface area (Å²) < 4.78 is 4.40. The van der Waals surface area contributed by atoms with Crippen LogP contribution in [0.25, 0.3) is 0 Å². The van der Waals surface area contributed by atoms with Crippen LogP contribution in [0.3, 0.4) is 0 Å². The monoisotopic (exact) mass is 184 g/mol. The van der Waals surface area contributed by atoms with Crippen LogP contribution in [0, 0.1) is 11.3 Å². The third-order valence-corrected chi connectivity index (χ3v) is 1.54. The largest absolute Gasteiger partial charge is 0.469 e. The van der Waals surface area contributed by atoms with Gasteiger partial charge in [0.2, 0.25) is 5.91 Å². The molecule has 0 fully saturated rings. The summed E-state index contributed by atoms with van der Waals surface area (Å²) in [5.74, 6) is -0.650. The second kappa shape index (κ2) is 6.00. The van der Waals surface area contributed by atoms with Crippen molar-refractivity contribution >= 4 is 11.9 Å². The van der Waals surface area contributed by atoms with Gasteiger partial charge in [0.25, 0.3) is 0 Å². The molecule has 0 rings (SSSR count). The van der Waals surface area contributed by atoms with E-state index in [-0.39, 0.29) is 31.3 Å². The van der Waals surface area contributed by atoms with Crippen LogP contribution in [-0.4, -0.2) is 37.5 Å². The van der Waals surface area contributed by atoms with Crippen LogP contribution in [-0.2, 0) is 14.3 Å². The summed E-state index contributed by atoms with van der Waals surface area (Å²) in [6, 6.07) is 1.74. The minimum Gasteiger partial charge on any atom is -0.469 e. The van der Waals surface area contributed by atoms with Crippen molar-refractivity contribution in [2.75, 3.05) is 20.7 Å². The number of methoxy groups -OCH3 is 1. The molecule has 0 spiro atoms. The smallest absolute Gasteiger partial charge is 0.307 e. The van der Waals surface area contributed by atoms with E-state index in [2.05, 4.69) is 4.74 Å². The molecule has 0 aromatic carbocycles. The first-order valence-electron chi connectivity index (χ1n) is 3.79. The van der Waals surface area contributed by atoms with Gasteiger partial charge in [0.15, 0.2) is 0 Å². The molecule has 13 heavy (non-hydrogen) atoms. The van der Waals surface area contributed by atoms with Crippen LogP contribution in [0.15, 0.2) is 0 Å². The number of nitriles is 1. The molecule has 0 atom stereocenters. The second-order valence-electron chi connectivity index (χ2n) is 2.48. The molecule has 0 bridgehead atoms. The minimum absolute atomic E-state index is 0.155. The van der Waals surface area contributed by atoms with Crippen molar-refractivity contribution in [2.45, 2.75) is 12.8 Å². The van der Waals surface area contributed by atoms with E-state index in [1.165, 1.54) is 12.0 Å². The number of hydrogen-bond acceptors (Lipinski definition) is 4. The average molecular weight is 184 g/mol. The summed E-state index contributed by atoms with van der Waals surface area (Å²) in [4.78, 5) is 23.0. The maximum atomic E-state index is 11.0. The minimum atomic E-state index is -0.364. The molecule has 0 unspecified atom stereocenters. The van der Waals surface area contributed by atoms with Crippen LogP contribution < -0.4 is 0 Å². The number of esters is 1. The Balaban J connectivity index is 3.75. The van der Waals surface area contributed by atoms with Crippen molar-refractivity contribution in [1.82, 2.24) is 4.90 Å². The Hall–Kier alpha value is -1.57. The molecule has 0 aliphatic carbocycles. The van der Waals surface area contributed by atoms with Gasteiger partial charge in [-0.05, 0) is 0 Å². The predicted octanol–water partition coefficient (Wildman–Crippen LogP) is -0.0784. The van der Waals surface area contributed by atoms with E-state index in [4.69, 9.17) is 5.26 Å². The first-order chi connectivity index (χ1) is 6.11. The topological polar surface area (TPSA) is 70.4 Å². The average Bonchev–Trinajstić information content (AvgIpc) is 2.13. The fourth-order valence-electron chi connectivity index (χ4n) is 0.688. The van der Waals surface area contributed by atoms with Gasteiger partial charge in [-0.2, -0.15) is 5.26 Å². The number of ether oxygens (including phenoxy) is 1. The third-order valence-electron chi connectivity index (χ3n) is 1.54. The molecule has 0 aliphatic heterocycles. The fourth-order valence-corrected chi connectivity index (χ4v) is 0.688. The fraction of sp³-hybridized carbons (Fsp3) is 0.625. The van der Waals surface area contributed by atoms with Gasteiger partial charge in [0, 0.05) is 13.6 Å². The molecule has 0 heterocycles. The summed E-state index contributed by atoms with van der Waals surface area (Å²) in [6.45, 7) is 0.285. The first-order valence-corrected chi connectivity index (χ1v) is 3.79. The van der Waals surface area contributed by atoms with E-state index in [9.17, 15) is 9.59 Å². The quantitative estimate of drug-likeness (QED) is 0.573. The molecule has 0 saturated carbocycles. The Morgan fingerprint density at radius 1 is 1.54 bits per heavy atom. The third kappa shape index (κ3) is 4.80. The molecule has 72 valence electrons. The van der Waals surface area contributed by atoms with E-state index >= 15 is 0 Å². The number of carbonyl (C=O) groups excluding carboxylic acids is 2. The molecule has 0 N–H and O–H groups in total. The Labute approximate surface area is 76.9 Å². The zero-order chi connectivity index (χ0) is 10.3. The second-order valence-corrected chi connectivity index (χ2v) is 2.48. The molecule has 0 radical (unpaired) electrons. The van der Waals surface area contributed by atoms with Gasteiger partial charge in [0.05, 0.1) is 19.6 Å². The number of rotatable bonds is 4. The summed E-state index contributed by atoms with van der Waals surface area (Å²) in [5.41, 5.74) is 0. The lowest BCUT2D eigenvalue weighted by Crippen LogP contribution is -2.28. The summed E-state index contributed by atoms with van der Waals surface area (Å²) >= 11 is 0. The molecule has 0 saturated heterocycles. The lowest BCUT2D eigenvalue weighted by Gasteiger charge is -2.14. The lowest BCUT2D eigenvalue weighted by atomic mass is 10.3. The predicted molar refractivity (Wildman–Crippen MR) is 44.5 cm³/mol. The highest BCUT2D eigenvalue weighted by Gasteiger charge is 2.09. The van der Waals surface area contributed by atoms with Gasteiger partial charge >= 0.3 is 5.97 Å². The van der Waals surface area contributed by atoms with Crippen molar-refractivity contribution in [2.24, 2.45) is 0 Å². The molecular weight excluding hydrogens is 172 g/mol. The Kier molecular flexibility index (Phi) is 5.28. The zero-order valence-corrected chi connectivity index (χ0v) is 7.74. The highest BCUT2D eigenvalue weighted by molar-refractivity contribution is 5.78. The Bertz CT molecular complexity index is 232. The van der Waals surface area contributed by atoms with Gasteiger partial charge in [0.1, 0.15) is 6.42 Å². The SMILES string of the molecule is COC(=O)CCN(C)C(=O)CC#N. The molecule has 0 aromatic rings. The highest BCUT2D eigenvalue weighted by Crippen LogP contribution is 1.93. The van der Waals surface area contributed by atoms with Gasteiger partial charge in [-0.1, -0.05) is 0 Å². The number of nitrogens with zero attached hydrogens (tertiary/aromatic N) is 2. The summed E-state index contributed by atoms with van der Waals surface area (Å²) in [6.07, 6.45) is 0.00183.